The van der Waals surface area contributed by atoms with Crippen molar-refractivity contribution in [2.75, 3.05) is 106 Å². The van der Waals surface area contributed by atoms with Crippen molar-refractivity contribution in [2.45, 2.75) is 78.0 Å². The zero-order valence-electron chi connectivity index (χ0n) is 56.6. The molecule has 6 aromatic carbocycles. The number of hydrogen-bond donors (Lipinski definition) is 0. The summed E-state index contributed by atoms with van der Waals surface area (Å²) in [5.41, 5.74) is 7.95. The van der Waals surface area contributed by atoms with Gasteiger partial charge in [-0.3, -0.25) is 33.8 Å². The van der Waals surface area contributed by atoms with Crippen LogP contribution in [0.3, 0.4) is 0 Å². The molecule has 0 aromatic heterocycles. The molecule has 23 heteroatoms. The summed E-state index contributed by atoms with van der Waals surface area (Å²) in [6.07, 6.45) is 3.09. The number of esters is 3. The molecular formula is C71H92Br2N2O19. The van der Waals surface area contributed by atoms with Gasteiger partial charge in [-0.25, -0.2) is 0 Å². The summed E-state index contributed by atoms with van der Waals surface area (Å²) >= 11 is 6.64. The van der Waals surface area contributed by atoms with Crippen LogP contribution in [0, 0.1) is 5.41 Å². The predicted octanol–water partition coefficient (Wildman–Crippen LogP) is 13.4. The number of halogens is 2. The van der Waals surface area contributed by atoms with Gasteiger partial charge < -0.3 is 66.5 Å². The average molecular weight is 1440 g/mol. The monoisotopic (exact) mass is 1430 g/mol. The quantitative estimate of drug-likeness (QED) is 0.0146. The minimum atomic E-state index is -0.606. The molecule has 0 aliphatic rings. The van der Waals surface area contributed by atoms with Crippen molar-refractivity contribution in [3.8, 4) is 0 Å². The van der Waals surface area contributed by atoms with Gasteiger partial charge in [-0.15, -0.1) is 0 Å². The lowest BCUT2D eigenvalue weighted by molar-refractivity contribution is -0.150. The zero-order chi connectivity index (χ0) is 70.4. The van der Waals surface area contributed by atoms with E-state index in [2.05, 4.69) is 46.3 Å². The van der Waals surface area contributed by atoms with Crippen LogP contribution in [-0.4, -0.2) is 153 Å². The van der Waals surface area contributed by atoms with Crippen molar-refractivity contribution in [2.24, 2.45) is 10.4 Å². The Hall–Kier alpha value is -7.23. The van der Waals surface area contributed by atoms with Gasteiger partial charge in [-0.2, -0.15) is 0 Å². The van der Waals surface area contributed by atoms with E-state index in [9.17, 15) is 28.8 Å². The Morgan fingerprint density at radius 1 is 0.426 bits per heavy atom. The van der Waals surface area contributed by atoms with Crippen LogP contribution < -0.4 is 0 Å². The molecule has 0 aliphatic heterocycles. The van der Waals surface area contributed by atoms with E-state index in [-0.39, 0.29) is 50.1 Å². The number of aliphatic imine (C=N–C) groups is 1. The summed E-state index contributed by atoms with van der Waals surface area (Å²) in [6, 6.07) is 45.3. The molecule has 0 radical (unpaired) electrons. The van der Waals surface area contributed by atoms with Crippen LogP contribution in [0.5, 0.6) is 0 Å². The third-order valence-electron chi connectivity index (χ3n) is 13.1. The minimum absolute atomic E-state index is 0.00450. The van der Waals surface area contributed by atoms with Crippen LogP contribution in [0.2, 0.25) is 0 Å². The second-order valence-electron chi connectivity index (χ2n) is 20.4. The minimum Gasteiger partial charge on any atom is -0.469 e. The lowest BCUT2D eigenvalue weighted by Crippen LogP contribution is -2.42. The summed E-state index contributed by atoms with van der Waals surface area (Å²) in [4.78, 5) is 72.8. The molecule has 0 heterocycles. The second kappa shape index (κ2) is 49.3. The highest BCUT2D eigenvalue weighted by Crippen LogP contribution is 2.28. The molecule has 0 aliphatic carbocycles. The van der Waals surface area contributed by atoms with Gasteiger partial charge in [0.25, 0.3) is 0 Å². The SMILES string of the molecule is COC(=O)CCCc1ccccc1C(OC)OC.COC(=O)CN(Cc1ccccc1C(OC)OC)C(=O)C(C)(C)C.COC(=O)CN=Cc1ccccc1C(OC)OC.COC(OC)c1ccccc1Br.COC(OC)c1ccccc1C=O.O=Cc1ccccc1Br. The fraction of sp³-hybridized carbons (Fsp3) is 0.394. The van der Waals surface area contributed by atoms with Gasteiger partial charge in [0.05, 0.1) is 21.3 Å². The molecule has 0 bridgehead atoms. The van der Waals surface area contributed by atoms with Crippen LogP contribution in [0.1, 0.15) is 130 Å². The summed E-state index contributed by atoms with van der Waals surface area (Å²) in [5, 5.41) is 0. The number of hydrogen-bond acceptors (Lipinski definition) is 20. The molecule has 0 atom stereocenters. The maximum atomic E-state index is 12.7. The topological polar surface area (TPSA) is 238 Å². The van der Waals surface area contributed by atoms with Gasteiger partial charge in [-0.05, 0) is 36.1 Å². The van der Waals surface area contributed by atoms with Crippen molar-refractivity contribution in [1.29, 1.82) is 0 Å². The molecule has 0 N–H and O–H groups in total. The van der Waals surface area contributed by atoms with E-state index >= 15 is 0 Å². The van der Waals surface area contributed by atoms with E-state index in [1.54, 1.807) is 87.4 Å². The van der Waals surface area contributed by atoms with Gasteiger partial charge in [-0.1, -0.05) is 186 Å². The number of rotatable bonds is 28. The lowest BCUT2D eigenvalue weighted by Gasteiger charge is -2.30. The van der Waals surface area contributed by atoms with E-state index in [1.807, 2.05) is 142 Å². The number of methoxy groups -OCH3 is 13. The van der Waals surface area contributed by atoms with E-state index in [4.69, 9.17) is 52.1 Å². The number of nitrogens with zero attached hydrogens (tertiary/aromatic N) is 2. The van der Waals surface area contributed by atoms with E-state index in [0.29, 0.717) is 17.5 Å². The molecular weight excluding hydrogens is 1340 g/mol. The zero-order valence-corrected chi connectivity index (χ0v) is 59.8. The number of ether oxygens (including phenoxy) is 13. The van der Waals surface area contributed by atoms with E-state index in [0.717, 1.165) is 78.9 Å². The second-order valence-corrected chi connectivity index (χ2v) is 22.1. The maximum Gasteiger partial charge on any atom is 0.327 e. The largest absolute Gasteiger partial charge is 0.469 e. The molecule has 1 amide bonds. The summed E-state index contributed by atoms with van der Waals surface area (Å²) in [5.74, 6) is -1.14. The first kappa shape index (κ1) is 84.8. The Labute approximate surface area is 570 Å². The van der Waals surface area contributed by atoms with E-state index in [1.165, 1.54) is 40.4 Å². The number of aldehydes is 2. The number of amides is 1. The molecule has 514 valence electrons. The normalized spacial score (nSPS) is 10.8. The highest BCUT2D eigenvalue weighted by molar-refractivity contribution is 9.10. The molecule has 6 rings (SSSR count). The smallest absolute Gasteiger partial charge is 0.327 e. The van der Waals surface area contributed by atoms with Gasteiger partial charge >= 0.3 is 17.9 Å². The van der Waals surface area contributed by atoms with Gasteiger partial charge in [0, 0.05) is 149 Å². The van der Waals surface area contributed by atoms with Gasteiger partial charge in [0.2, 0.25) is 5.91 Å². The Morgan fingerprint density at radius 2 is 0.777 bits per heavy atom. The summed E-state index contributed by atoms with van der Waals surface area (Å²) in [6.45, 7) is 5.61. The number of benzene rings is 6. The molecule has 6 aromatic rings. The van der Waals surface area contributed by atoms with Crippen molar-refractivity contribution < 1.29 is 90.3 Å². The van der Waals surface area contributed by atoms with Crippen molar-refractivity contribution in [1.82, 2.24) is 4.90 Å². The standard InChI is InChI=1S/C18H27NO5.C14H20O4.C13H17NO4.C10H12O3.C9H11BrO2.C7H5BrO/c1-18(2,3)17(21)19(12-15(20)22-4)11-13-9-7-8-10-14(13)16(23-5)24-6;1-16-13(15)10-6-8-11-7-4-5-9-12(11)14(17-2)18-3;1-16-12(15)9-14-8-10-6-4-5-7-11(10)13(17-2)18-3;1-12-10(13-2)9-6-4-3-5-8(9)7-11;1-11-9(12-2)7-5-3-4-6-8(7)10;8-7-4-2-1-3-6(7)5-9/h7-10,16H,11-12H2,1-6H3;4-5,7,9,14H,6,8,10H2,1-3H3;4-8,13H,9H2,1-3H3;3-7,10H,1-2H3;3-6,9H,1-2H3;1-5H. The van der Waals surface area contributed by atoms with E-state index < -0.39 is 30.3 Å². The van der Waals surface area contributed by atoms with Crippen molar-refractivity contribution >= 4 is 74.5 Å². The maximum absolute atomic E-state index is 12.7. The average Bonchev–Trinajstić information content (AvgIpc) is 0.912. The Morgan fingerprint density at radius 3 is 1.19 bits per heavy atom. The molecule has 0 saturated carbocycles. The van der Waals surface area contributed by atoms with Crippen molar-refractivity contribution in [3.05, 3.63) is 210 Å². The molecule has 0 unspecified atom stereocenters. The molecule has 94 heavy (non-hydrogen) atoms. The fourth-order valence-electron chi connectivity index (χ4n) is 8.47. The van der Waals surface area contributed by atoms with Crippen LogP contribution in [0.4, 0.5) is 0 Å². The molecule has 0 fully saturated rings. The van der Waals surface area contributed by atoms with Crippen LogP contribution in [0.25, 0.3) is 0 Å². The first-order chi connectivity index (χ1) is 45.1. The lowest BCUT2D eigenvalue weighted by atomic mass is 9.94. The summed E-state index contributed by atoms with van der Waals surface area (Å²) in [7, 11) is 19.8. The Bertz CT molecular complexity index is 3160. The molecule has 21 nitrogen and oxygen atoms in total. The molecule has 0 spiro atoms. The Balaban J connectivity index is 0.000000578. The van der Waals surface area contributed by atoms with Crippen LogP contribution >= 0.6 is 31.9 Å². The number of aryl methyl sites for hydroxylation is 1. The third kappa shape index (κ3) is 30.9. The highest BCUT2D eigenvalue weighted by atomic mass is 79.9. The fourth-order valence-corrected chi connectivity index (χ4v) is 9.32. The van der Waals surface area contributed by atoms with Gasteiger partial charge in [0.1, 0.15) is 13.1 Å². The molecule has 0 saturated heterocycles. The predicted molar refractivity (Wildman–Crippen MR) is 365 cm³/mol. The van der Waals surface area contributed by atoms with Crippen LogP contribution in [-0.2, 0) is 93.7 Å². The first-order valence-corrected chi connectivity index (χ1v) is 30.8. The van der Waals surface area contributed by atoms with Crippen LogP contribution in [0.15, 0.2) is 160 Å². The number of carbonyl (C=O) groups excluding carboxylic acids is 6. The van der Waals surface area contributed by atoms with Gasteiger partial charge in [0.15, 0.2) is 44.0 Å². The Kier molecular flexibility index (Phi) is 44.5. The third-order valence-corrected chi connectivity index (χ3v) is 14.6. The number of carbonyl (C=O) groups is 6. The highest BCUT2D eigenvalue weighted by Gasteiger charge is 2.30. The summed E-state index contributed by atoms with van der Waals surface area (Å²) < 4.78 is 67.6. The van der Waals surface area contributed by atoms with Crippen molar-refractivity contribution in [3.63, 3.8) is 0 Å². The first-order valence-electron chi connectivity index (χ1n) is 29.2.